The van der Waals surface area contributed by atoms with Crippen molar-refractivity contribution in [3.63, 3.8) is 0 Å². The average Bonchev–Trinajstić information content (AvgIpc) is 1.67. The molecule has 1 atom stereocenters. The molecule has 0 aliphatic rings. The van der Waals surface area contributed by atoms with Crippen LogP contribution in [-0.4, -0.2) is 11.9 Å². The maximum atomic E-state index is 10.3. The second kappa shape index (κ2) is 6.84. The third-order valence-corrected chi connectivity index (χ3v) is 1.18. The van der Waals surface area contributed by atoms with Crippen LogP contribution < -0.4 is 29.6 Å². The monoisotopic (exact) mass is 158 g/mol. The number of carbonyl (C=O) groups excluding carboxylic acids is 1. The second-order valence-corrected chi connectivity index (χ2v) is 1.79. The van der Waals surface area contributed by atoms with E-state index < -0.39 is 14.8 Å². The summed E-state index contributed by atoms with van der Waals surface area (Å²) in [6.45, 7) is 2.93. The first kappa shape index (κ1) is 12.4. The number of Topliss-reactive ketones (excluding diaryl/α,β-unsaturated/α-hetero) is 1. The first-order valence-electron chi connectivity index (χ1n) is 2.17. The van der Waals surface area contributed by atoms with E-state index in [-0.39, 0.29) is 36.8 Å². The van der Waals surface area contributed by atoms with Gasteiger partial charge in [0.25, 0.3) is 0 Å². The fraction of sp³-hybridized carbons (Fsp3) is 0.750. The maximum absolute atomic E-state index is 10.3. The standard InChI is InChI=1S/C4H7O3P.Na.H/c1-3(5)4(2)7-8-6;;/h4H,1-2H3;;/q;+1;-1. The second-order valence-electron chi connectivity index (χ2n) is 1.43. The summed E-state index contributed by atoms with van der Waals surface area (Å²) in [5.41, 5.74) is 0. The summed E-state index contributed by atoms with van der Waals surface area (Å²) >= 11 is 0. The Morgan fingerprint density at radius 2 is 2.22 bits per heavy atom. The molecule has 0 heterocycles. The van der Waals surface area contributed by atoms with Gasteiger partial charge < -0.3 is 1.43 Å². The Kier molecular flexibility index (Phi) is 9.44. The van der Waals surface area contributed by atoms with Gasteiger partial charge in [-0.3, -0.25) is 9.32 Å². The van der Waals surface area contributed by atoms with Crippen LogP contribution in [0.3, 0.4) is 0 Å². The smallest absolute Gasteiger partial charge is 1.00 e. The van der Waals surface area contributed by atoms with E-state index in [1.165, 1.54) is 6.92 Å². The van der Waals surface area contributed by atoms with Crippen LogP contribution in [0.4, 0.5) is 0 Å². The molecule has 9 heavy (non-hydrogen) atoms. The Morgan fingerprint density at radius 1 is 1.78 bits per heavy atom. The van der Waals surface area contributed by atoms with Crippen molar-refractivity contribution in [3.8, 4) is 0 Å². The van der Waals surface area contributed by atoms with Crippen LogP contribution in [0.15, 0.2) is 0 Å². The zero-order valence-electron chi connectivity index (χ0n) is 6.75. The van der Waals surface area contributed by atoms with Crippen molar-refractivity contribution < 1.29 is 44.9 Å². The van der Waals surface area contributed by atoms with Crippen molar-refractivity contribution in [1.82, 2.24) is 0 Å². The minimum absolute atomic E-state index is 0. The molecule has 0 aromatic rings. The van der Waals surface area contributed by atoms with Crippen molar-refractivity contribution in [2.45, 2.75) is 20.0 Å². The van der Waals surface area contributed by atoms with Gasteiger partial charge in [0, 0.05) is 0 Å². The summed E-state index contributed by atoms with van der Waals surface area (Å²) in [7, 11) is -0.436. The number of hydrogen-bond acceptors (Lipinski definition) is 3. The molecule has 0 amide bonds. The summed E-state index contributed by atoms with van der Waals surface area (Å²) in [5, 5.41) is 0. The van der Waals surface area contributed by atoms with Gasteiger partial charge in [-0.2, -0.15) is 0 Å². The predicted octanol–water partition coefficient (Wildman–Crippen LogP) is -1.70. The molecule has 0 saturated heterocycles. The minimum Gasteiger partial charge on any atom is -1.00 e. The van der Waals surface area contributed by atoms with Crippen LogP contribution in [0.5, 0.6) is 0 Å². The molecule has 0 spiro atoms. The summed E-state index contributed by atoms with van der Waals surface area (Å²) in [6, 6.07) is 0. The van der Waals surface area contributed by atoms with Crippen molar-refractivity contribution in [3.05, 3.63) is 0 Å². The van der Waals surface area contributed by atoms with Gasteiger partial charge in [-0.1, -0.05) is 0 Å². The molecule has 0 aromatic carbocycles. The Bertz CT molecular complexity index is 111. The zero-order valence-corrected chi connectivity index (χ0v) is 8.64. The molecule has 0 saturated carbocycles. The van der Waals surface area contributed by atoms with Crippen LogP contribution >= 0.6 is 8.69 Å². The molecular weight excluding hydrogens is 150 g/mol. The molecule has 3 nitrogen and oxygen atoms in total. The first-order chi connectivity index (χ1) is 3.68. The largest absolute Gasteiger partial charge is 1.00 e. The van der Waals surface area contributed by atoms with Gasteiger partial charge >= 0.3 is 38.2 Å². The van der Waals surface area contributed by atoms with Gasteiger partial charge in [0.05, 0.1) is 0 Å². The van der Waals surface area contributed by atoms with Crippen LogP contribution in [-0.2, 0) is 13.9 Å². The average molecular weight is 158 g/mol. The Hall–Kier alpha value is 0.730. The van der Waals surface area contributed by atoms with Crippen molar-refractivity contribution >= 4 is 14.5 Å². The molecule has 0 rings (SSSR count). The molecule has 0 aliphatic heterocycles. The van der Waals surface area contributed by atoms with E-state index in [0.29, 0.717) is 0 Å². The molecule has 0 radical (unpaired) electrons. The van der Waals surface area contributed by atoms with Crippen LogP contribution in [0.25, 0.3) is 0 Å². The van der Waals surface area contributed by atoms with Crippen molar-refractivity contribution in [2.24, 2.45) is 0 Å². The normalized spacial score (nSPS) is 12.2. The maximum Gasteiger partial charge on any atom is 1.00 e. The van der Waals surface area contributed by atoms with Crippen molar-refractivity contribution in [1.29, 1.82) is 0 Å². The zero-order chi connectivity index (χ0) is 6.57. The Balaban J connectivity index is -0.000000245. The van der Waals surface area contributed by atoms with Gasteiger partial charge in [0.2, 0.25) is 0 Å². The fourth-order valence-corrected chi connectivity index (χ4v) is 0.416. The summed E-state index contributed by atoms with van der Waals surface area (Å²) in [5.74, 6) is -0.117. The molecule has 0 fully saturated rings. The fourth-order valence-electron chi connectivity index (χ4n) is 0.139. The number of carbonyl (C=O) groups is 1. The van der Waals surface area contributed by atoms with E-state index >= 15 is 0 Å². The van der Waals surface area contributed by atoms with E-state index in [4.69, 9.17) is 0 Å². The molecule has 0 aromatic heterocycles. The number of rotatable bonds is 3. The predicted molar refractivity (Wildman–Crippen MR) is 29.9 cm³/mol. The SMILES string of the molecule is CC(=O)C(C)OP=O.[H-].[Na+]. The molecule has 1 unspecified atom stereocenters. The van der Waals surface area contributed by atoms with E-state index in [1.54, 1.807) is 6.92 Å². The first-order valence-corrected chi connectivity index (χ1v) is 2.90. The van der Waals surface area contributed by atoms with E-state index in [2.05, 4.69) is 4.52 Å². The van der Waals surface area contributed by atoms with E-state index in [9.17, 15) is 9.36 Å². The Morgan fingerprint density at radius 3 is 2.33 bits per heavy atom. The van der Waals surface area contributed by atoms with Crippen LogP contribution in [0.1, 0.15) is 15.3 Å². The van der Waals surface area contributed by atoms with Crippen LogP contribution in [0.2, 0.25) is 0 Å². The summed E-state index contributed by atoms with van der Waals surface area (Å²) in [6.07, 6.45) is -0.547. The summed E-state index contributed by atoms with van der Waals surface area (Å²) in [4.78, 5) is 10.3. The minimum atomic E-state index is -0.547. The van der Waals surface area contributed by atoms with E-state index in [1.807, 2.05) is 0 Å². The number of ketones is 1. The Labute approximate surface area is 79.2 Å². The quantitative estimate of drug-likeness (QED) is 0.363. The molecule has 5 heteroatoms. The van der Waals surface area contributed by atoms with Crippen molar-refractivity contribution in [2.75, 3.05) is 0 Å². The molecule has 0 N–H and O–H groups in total. The summed E-state index contributed by atoms with van der Waals surface area (Å²) < 4.78 is 14.0. The van der Waals surface area contributed by atoms with Gasteiger partial charge in [0.1, 0.15) is 6.10 Å². The van der Waals surface area contributed by atoms with Gasteiger partial charge in [-0.25, -0.2) is 4.57 Å². The van der Waals surface area contributed by atoms with Gasteiger partial charge in [-0.05, 0) is 13.8 Å². The van der Waals surface area contributed by atoms with Gasteiger partial charge in [-0.15, -0.1) is 0 Å². The molecular formula is C4H8NaO3P. The van der Waals surface area contributed by atoms with Crippen LogP contribution in [0, 0.1) is 0 Å². The number of hydrogen-bond donors (Lipinski definition) is 0. The molecule has 0 aliphatic carbocycles. The van der Waals surface area contributed by atoms with Gasteiger partial charge in [0.15, 0.2) is 5.78 Å². The topological polar surface area (TPSA) is 43.4 Å². The third kappa shape index (κ3) is 6.62. The van der Waals surface area contributed by atoms with E-state index in [0.717, 1.165) is 0 Å². The molecule has 0 bridgehead atoms. The molecule has 48 valence electrons. The third-order valence-electron chi connectivity index (χ3n) is 0.774.